The molecule has 0 unspecified atom stereocenters. The van der Waals surface area contributed by atoms with Crippen molar-refractivity contribution in [1.82, 2.24) is 10.2 Å². The number of nitrogens with zero attached hydrogens (tertiary/aromatic N) is 1. The number of benzene rings is 1. The molecule has 0 aromatic heterocycles. The zero-order valence-electron chi connectivity index (χ0n) is 22.0. The van der Waals surface area contributed by atoms with Crippen LogP contribution in [0.1, 0.15) is 65.9 Å². The highest BCUT2D eigenvalue weighted by molar-refractivity contribution is 5.88. The summed E-state index contributed by atoms with van der Waals surface area (Å²) in [5.74, 6) is -0.764. The van der Waals surface area contributed by atoms with Gasteiger partial charge in [-0.3, -0.25) is 14.5 Å². The summed E-state index contributed by atoms with van der Waals surface area (Å²) in [7, 11) is 0. The summed E-state index contributed by atoms with van der Waals surface area (Å²) in [5.41, 5.74) is 0.215. The van der Waals surface area contributed by atoms with Crippen molar-refractivity contribution in [2.24, 2.45) is 5.92 Å². The number of carbonyl (C=O) groups excluding carboxylic acids is 3. The lowest BCUT2D eigenvalue weighted by molar-refractivity contribution is -0.173. The molecule has 2 aliphatic rings. The van der Waals surface area contributed by atoms with Crippen molar-refractivity contribution in [2.75, 3.05) is 13.2 Å². The van der Waals surface area contributed by atoms with Gasteiger partial charge < -0.3 is 24.3 Å². The lowest BCUT2D eigenvalue weighted by Crippen LogP contribution is -2.57. The molecule has 1 N–H and O–H groups in total. The van der Waals surface area contributed by atoms with E-state index >= 15 is 0 Å². The Balaban J connectivity index is 1.73. The Bertz CT molecular complexity index is 880. The number of fused-ring (bicyclic) bond motifs is 2. The van der Waals surface area contributed by atoms with Crippen LogP contribution in [0, 0.1) is 5.92 Å². The van der Waals surface area contributed by atoms with Crippen LogP contribution in [-0.2, 0) is 35.1 Å². The van der Waals surface area contributed by atoms with E-state index in [9.17, 15) is 14.4 Å². The third-order valence-electron chi connectivity index (χ3n) is 6.39. The average Bonchev–Trinajstić information content (AvgIpc) is 3.43. The van der Waals surface area contributed by atoms with Gasteiger partial charge in [-0.25, -0.2) is 4.79 Å². The van der Waals surface area contributed by atoms with E-state index in [0.717, 1.165) is 24.8 Å². The van der Waals surface area contributed by atoms with E-state index in [4.69, 9.17) is 18.9 Å². The van der Waals surface area contributed by atoms with Crippen LogP contribution in [0.4, 0.5) is 4.79 Å². The van der Waals surface area contributed by atoms with Gasteiger partial charge in [-0.05, 0) is 65.4 Å². The number of piperidine rings is 1. The number of amides is 2. The van der Waals surface area contributed by atoms with Gasteiger partial charge in [0.2, 0.25) is 5.91 Å². The topological polar surface area (TPSA) is 103 Å². The Hall–Kier alpha value is -2.65. The van der Waals surface area contributed by atoms with Gasteiger partial charge in [-0.1, -0.05) is 30.3 Å². The van der Waals surface area contributed by atoms with Crippen molar-refractivity contribution >= 4 is 18.0 Å². The third-order valence-corrected chi connectivity index (χ3v) is 6.39. The maximum absolute atomic E-state index is 13.6. The molecule has 1 aromatic carbocycles. The molecule has 1 heterocycles. The zero-order chi connectivity index (χ0) is 26.3. The number of ether oxygens (including phenoxy) is 4. The average molecular weight is 505 g/mol. The maximum Gasteiger partial charge on any atom is 0.411 e. The Morgan fingerprint density at radius 1 is 1.06 bits per heavy atom. The molecule has 2 amide bonds. The van der Waals surface area contributed by atoms with Crippen LogP contribution in [0.2, 0.25) is 0 Å². The van der Waals surface area contributed by atoms with Crippen LogP contribution in [-0.4, -0.2) is 66.1 Å². The number of hydrogen-bond acceptors (Lipinski definition) is 7. The zero-order valence-corrected chi connectivity index (χ0v) is 22.0. The summed E-state index contributed by atoms with van der Waals surface area (Å²) in [5, 5.41) is 2.95. The normalized spacial score (nSPS) is 21.9. The molecule has 2 bridgehead atoms. The van der Waals surface area contributed by atoms with Gasteiger partial charge in [0.05, 0.1) is 12.5 Å². The van der Waals surface area contributed by atoms with Crippen LogP contribution in [0.15, 0.2) is 30.3 Å². The second-order valence-corrected chi connectivity index (χ2v) is 10.3. The molecule has 36 heavy (non-hydrogen) atoms. The van der Waals surface area contributed by atoms with Crippen molar-refractivity contribution in [3.63, 3.8) is 0 Å². The molecule has 1 aliphatic carbocycles. The standard InChI is InChI=1S/C27H40N2O7/c1-6-33-25(34-7-2)21(16-22(30)36-27(3,4)5)28-24(31)23-19-13-14-20(15-19)29(23)26(32)35-17-18-11-9-8-10-12-18/h8-12,19-21,23,25H,6-7,13-17H2,1-5H3,(H,28,31)/t19-,20-,21-,23-/m0/s1. The van der Waals surface area contributed by atoms with E-state index in [0.29, 0.717) is 13.2 Å². The highest BCUT2D eigenvalue weighted by Gasteiger charge is 2.52. The van der Waals surface area contributed by atoms with Crippen molar-refractivity contribution in [3.8, 4) is 0 Å². The predicted molar refractivity (Wildman–Crippen MR) is 133 cm³/mol. The highest BCUT2D eigenvalue weighted by atomic mass is 16.7. The van der Waals surface area contributed by atoms with E-state index < -0.39 is 36.0 Å². The molecule has 1 aromatic rings. The molecule has 9 nitrogen and oxygen atoms in total. The quantitative estimate of drug-likeness (QED) is 0.361. The first kappa shape index (κ1) is 27.9. The minimum Gasteiger partial charge on any atom is -0.460 e. The summed E-state index contributed by atoms with van der Waals surface area (Å²) in [6.45, 7) is 9.83. The molecule has 9 heteroatoms. The van der Waals surface area contributed by atoms with Crippen LogP contribution in [0.25, 0.3) is 0 Å². The fraction of sp³-hybridized carbons (Fsp3) is 0.667. The number of nitrogens with one attached hydrogen (secondary N) is 1. The number of esters is 1. The van der Waals surface area contributed by atoms with Crippen LogP contribution in [0.3, 0.4) is 0 Å². The number of carbonyl (C=O) groups is 3. The minimum absolute atomic E-state index is 0.0343. The van der Waals surface area contributed by atoms with E-state index in [-0.39, 0.29) is 30.9 Å². The molecule has 1 saturated heterocycles. The smallest absolute Gasteiger partial charge is 0.411 e. The summed E-state index contributed by atoms with van der Waals surface area (Å²) in [6, 6.07) is 7.96. The summed E-state index contributed by atoms with van der Waals surface area (Å²) < 4.78 is 22.5. The lowest BCUT2D eigenvalue weighted by Gasteiger charge is -2.35. The largest absolute Gasteiger partial charge is 0.460 e. The van der Waals surface area contributed by atoms with Gasteiger partial charge in [0.25, 0.3) is 0 Å². The first-order valence-corrected chi connectivity index (χ1v) is 12.9. The van der Waals surface area contributed by atoms with Crippen LogP contribution < -0.4 is 5.32 Å². The fourth-order valence-corrected chi connectivity index (χ4v) is 5.04. The van der Waals surface area contributed by atoms with Crippen molar-refractivity contribution in [3.05, 3.63) is 35.9 Å². The van der Waals surface area contributed by atoms with Gasteiger partial charge >= 0.3 is 12.1 Å². The van der Waals surface area contributed by atoms with Gasteiger partial charge in [-0.15, -0.1) is 0 Å². The van der Waals surface area contributed by atoms with Gasteiger partial charge in [0, 0.05) is 19.3 Å². The Morgan fingerprint density at radius 3 is 2.33 bits per heavy atom. The van der Waals surface area contributed by atoms with Crippen molar-refractivity contribution < 1.29 is 33.3 Å². The van der Waals surface area contributed by atoms with Gasteiger partial charge in [-0.2, -0.15) is 0 Å². The third kappa shape index (κ3) is 7.43. The SMILES string of the molecule is CCOC(OCC)[C@H](CC(=O)OC(C)(C)C)NC(=O)[C@@H]1[C@H]2CC[C@@H](C2)N1C(=O)OCc1ccccc1. The summed E-state index contributed by atoms with van der Waals surface area (Å²) >= 11 is 0. The minimum atomic E-state index is -0.825. The molecule has 1 aliphatic heterocycles. The number of rotatable bonds is 11. The van der Waals surface area contributed by atoms with Crippen molar-refractivity contribution in [2.45, 2.75) is 96.9 Å². The first-order chi connectivity index (χ1) is 17.1. The van der Waals surface area contributed by atoms with Crippen LogP contribution in [0.5, 0.6) is 0 Å². The molecular formula is C27H40N2O7. The van der Waals surface area contributed by atoms with Crippen molar-refractivity contribution in [1.29, 1.82) is 0 Å². The molecule has 2 fully saturated rings. The Kier molecular flexibility index (Phi) is 9.73. The van der Waals surface area contributed by atoms with E-state index in [1.165, 1.54) is 0 Å². The molecule has 3 rings (SSSR count). The lowest BCUT2D eigenvalue weighted by atomic mass is 9.97. The highest BCUT2D eigenvalue weighted by Crippen LogP contribution is 2.43. The first-order valence-electron chi connectivity index (χ1n) is 12.9. The Morgan fingerprint density at radius 2 is 1.72 bits per heavy atom. The van der Waals surface area contributed by atoms with E-state index in [2.05, 4.69) is 5.32 Å². The predicted octanol–water partition coefficient (Wildman–Crippen LogP) is 3.79. The summed E-state index contributed by atoms with van der Waals surface area (Å²) in [4.78, 5) is 40.9. The molecule has 200 valence electrons. The molecule has 0 radical (unpaired) electrons. The molecule has 4 atom stereocenters. The van der Waals surface area contributed by atoms with Gasteiger partial charge in [0.1, 0.15) is 18.2 Å². The second-order valence-electron chi connectivity index (χ2n) is 10.3. The fourth-order valence-electron chi connectivity index (χ4n) is 5.04. The van der Waals surface area contributed by atoms with Crippen LogP contribution >= 0.6 is 0 Å². The maximum atomic E-state index is 13.6. The van der Waals surface area contributed by atoms with Gasteiger partial charge in [0.15, 0.2) is 6.29 Å². The number of hydrogen-bond donors (Lipinski definition) is 1. The molecule has 0 spiro atoms. The monoisotopic (exact) mass is 504 g/mol. The Labute approximate surface area is 213 Å². The summed E-state index contributed by atoms with van der Waals surface area (Å²) in [6.07, 6.45) is 1.02. The molecular weight excluding hydrogens is 464 g/mol. The number of likely N-dealkylation sites (tertiary alicyclic amines) is 1. The molecule has 1 saturated carbocycles. The second kappa shape index (κ2) is 12.5. The van der Waals surface area contributed by atoms with E-state index in [1.54, 1.807) is 25.7 Å². The van der Waals surface area contributed by atoms with E-state index in [1.807, 2.05) is 44.2 Å².